The van der Waals surface area contributed by atoms with Crippen molar-refractivity contribution in [1.82, 2.24) is 9.88 Å². The highest BCUT2D eigenvalue weighted by Gasteiger charge is 2.17. The summed E-state index contributed by atoms with van der Waals surface area (Å²) in [7, 11) is 1.72. The lowest BCUT2D eigenvalue weighted by Gasteiger charge is -2.17. The Kier molecular flexibility index (Phi) is 6.39. The minimum atomic E-state index is -0.279. The van der Waals surface area contributed by atoms with E-state index in [1.54, 1.807) is 31.0 Å². The van der Waals surface area contributed by atoms with Gasteiger partial charge in [0.25, 0.3) is 5.91 Å². The molecule has 0 aliphatic heterocycles. The first-order chi connectivity index (χ1) is 13.8. The molecule has 1 N–H and O–H groups in total. The minimum Gasteiger partial charge on any atom is -0.342 e. The summed E-state index contributed by atoms with van der Waals surface area (Å²) in [4.78, 5) is 31.0. The van der Waals surface area contributed by atoms with Gasteiger partial charge in [-0.1, -0.05) is 30.3 Å². The lowest BCUT2D eigenvalue weighted by molar-refractivity contribution is -0.128. The maximum atomic E-state index is 13.1. The Balaban J connectivity index is 1.75. The first-order valence-electron chi connectivity index (χ1n) is 9.15. The van der Waals surface area contributed by atoms with Crippen LogP contribution in [0.3, 0.4) is 0 Å². The van der Waals surface area contributed by atoms with Gasteiger partial charge in [0, 0.05) is 32.6 Å². The molecule has 7 heteroatoms. The fraction of sp³-hybridized carbons (Fsp3) is 0.227. The Bertz CT molecular complexity index is 1030. The van der Waals surface area contributed by atoms with E-state index in [4.69, 9.17) is 0 Å². The fourth-order valence-corrected chi connectivity index (χ4v) is 3.84. The summed E-state index contributed by atoms with van der Waals surface area (Å²) in [5, 5.41) is 3.74. The van der Waals surface area contributed by atoms with Crippen LogP contribution >= 0.6 is 11.3 Å². The summed E-state index contributed by atoms with van der Waals surface area (Å²) in [5.41, 5.74) is 3.11. The molecule has 0 atom stereocenters. The molecule has 0 aliphatic rings. The highest BCUT2D eigenvalue weighted by Crippen LogP contribution is 2.24. The van der Waals surface area contributed by atoms with Crippen LogP contribution in [0.25, 0.3) is 0 Å². The Morgan fingerprint density at radius 1 is 1.14 bits per heavy atom. The van der Waals surface area contributed by atoms with Crippen LogP contribution in [-0.4, -0.2) is 28.7 Å². The molecule has 0 saturated heterocycles. The van der Waals surface area contributed by atoms with Crippen molar-refractivity contribution in [3.05, 3.63) is 81.1 Å². The van der Waals surface area contributed by atoms with Crippen molar-refractivity contribution < 1.29 is 14.0 Å². The molecule has 150 valence electrons. The molecule has 1 aromatic heterocycles. The van der Waals surface area contributed by atoms with Gasteiger partial charge in [0.2, 0.25) is 5.91 Å². The predicted octanol–water partition coefficient (Wildman–Crippen LogP) is 4.41. The first-order valence-corrected chi connectivity index (χ1v) is 9.97. The molecule has 0 fully saturated rings. The van der Waals surface area contributed by atoms with Crippen LogP contribution in [0.2, 0.25) is 0 Å². The molecular weight excluding hydrogens is 389 g/mol. The predicted molar refractivity (Wildman–Crippen MR) is 113 cm³/mol. The van der Waals surface area contributed by atoms with Crippen molar-refractivity contribution in [1.29, 1.82) is 0 Å². The van der Waals surface area contributed by atoms with Gasteiger partial charge in [-0.05, 0) is 36.2 Å². The van der Waals surface area contributed by atoms with Gasteiger partial charge < -0.3 is 10.2 Å². The van der Waals surface area contributed by atoms with Gasteiger partial charge in [0.1, 0.15) is 10.7 Å². The maximum absolute atomic E-state index is 13.1. The number of rotatable bonds is 6. The number of benzene rings is 2. The summed E-state index contributed by atoms with van der Waals surface area (Å²) in [6.07, 6.45) is 0.541. The van der Waals surface area contributed by atoms with Crippen LogP contribution in [0.4, 0.5) is 10.1 Å². The Morgan fingerprint density at radius 3 is 2.52 bits per heavy atom. The van der Waals surface area contributed by atoms with Gasteiger partial charge in [0.05, 0.1) is 10.7 Å². The third-order valence-corrected chi connectivity index (χ3v) is 5.68. The highest BCUT2D eigenvalue weighted by molar-refractivity contribution is 7.14. The second-order valence-electron chi connectivity index (χ2n) is 6.81. The van der Waals surface area contributed by atoms with Crippen molar-refractivity contribution in [2.45, 2.75) is 26.8 Å². The highest BCUT2D eigenvalue weighted by atomic mass is 32.1. The maximum Gasteiger partial charge on any atom is 0.267 e. The standard InChI is InChI=1S/C22H22FN3O2S/c1-14-21(29-20(24-14)12-16-8-10-18(23)11-9-16)22(28)25-19-7-5-4-6-17(19)13-26(3)15(2)27/h4-11H,12-13H2,1-3H3,(H,25,28). The molecule has 0 unspecified atom stereocenters. The van der Waals surface area contributed by atoms with E-state index in [1.165, 1.54) is 30.4 Å². The summed E-state index contributed by atoms with van der Waals surface area (Å²) < 4.78 is 13.1. The van der Waals surface area contributed by atoms with Crippen molar-refractivity contribution in [3.63, 3.8) is 0 Å². The van der Waals surface area contributed by atoms with E-state index in [1.807, 2.05) is 24.3 Å². The second kappa shape index (κ2) is 8.96. The zero-order chi connectivity index (χ0) is 21.0. The Hall–Kier alpha value is -3.06. The number of hydrogen-bond donors (Lipinski definition) is 1. The molecule has 2 amide bonds. The average molecular weight is 412 g/mol. The third-order valence-electron chi connectivity index (χ3n) is 4.53. The summed E-state index contributed by atoms with van der Waals surface area (Å²) in [5.74, 6) is -0.559. The lowest BCUT2D eigenvalue weighted by Crippen LogP contribution is -2.24. The summed E-state index contributed by atoms with van der Waals surface area (Å²) in [6, 6.07) is 13.7. The van der Waals surface area contributed by atoms with Crippen molar-refractivity contribution in [2.75, 3.05) is 12.4 Å². The molecule has 0 radical (unpaired) electrons. The minimum absolute atomic E-state index is 0.0464. The number of thiazole rings is 1. The number of carbonyl (C=O) groups is 2. The molecule has 0 spiro atoms. The van der Waals surface area contributed by atoms with E-state index in [2.05, 4.69) is 10.3 Å². The third kappa shape index (κ3) is 5.26. The molecule has 0 saturated carbocycles. The van der Waals surface area contributed by atoms with Gasteiger partial charge >= 0.3 is 0 Å². The molecule has 1 heterocycles. The number of nitrogens with zero attached hydrogens (tertiary/aromatic N) is 2. The van der Waals surface area contributed by atoms with Crippen LogP contribution in [-0.2, 0) is 17.8 Å². The van der Waals surface area contributed by atoms with Gasteiger partial charge in [-0.3, -0.25) is 9.59 Å². The van der Waals surface area contributed by atoms with E-state index in [0.717, 1.165) is 16.1 Å². The van der Waals surface area contributed by atoms with E-state index in [0.29, 0.717) is 29.2 Å². The number of amides is 2. The molecule has 3 aromatic rings. The normalized spacial score (nSPS) is 10.6. The lowest BCUT2D eigenvalue weighted by atomic mass is 10.1. The monoisotopic (exact) mass is 411 g/mol. The van der Waals surface area contributed by atoms with E-state index >= 15 is 0 Å². The van der Waals surface area contributed by atoms with Crippen LogP contribution in [0.15, 0.2) is 48.5 Å². The number of hydrogen-bond acceptors (Lipinski definition) is 4. The number of anilines is 1. The number of para-hydroxylation sites is 1. The zero-order valence-corrected chi connectivity index (χ0v) is 17.3. The van der Waals surface area contributed by atoms with Crippen LogP contribution in [0.1, 0.15) is 38.4 Å². The van der Waals surface area contributed by atoms with Gasteiger partial charge in [-0.2, -0.15) is 0 Å². The molecule has 29 heavy (non-hydrogen) atoms. The van der Waals surface area contributed by atoms with Crippen molar-refractivity contribution in [2.24, 2.45) is 0 Å². The number of carbonyl (C=O) groups excluding carboxylic acids is 2. The molecule has 2 aromatic carbocycles. The summed E-state index contributed by atoms with van der Waals surface area (Å²) >= 11 is 1.33. The van der Waals surface area contributed by atoms with Gasteiger partial charge in [-0.15, -0.1) is 11.3 Å². The fourth-order valence-electron chi connectivity index (χ4n) is 2.84. The Labute approximate surface area is 173 Å². The largest absolute Gasteiger partial charge is 0.342 e. The topological polar surface area (TPSA) is 62.3 Å². The van der Waals surface area contributed by atoms with E-state index < -0.39 is 0 Å². The van der Waals surface area contributed by atoms with Crippen molar-refractivity contribution >= 4 is 28.8 Å². The molecule has 5 nitrogen and oxygen atoms in total. The number of halogens is 1. The summed E-state index contributed by atoms with van der Waals surface area (Å²) in [6.45, 7) is 3.71. The Morgan fingerprint density at radius 2 is 1.83 bits per heavy atom. The average Bonchev–Trinajstić information content (AvgIpc) is 3.05. The SMILES string of the molecule is CC(=O)N(C)Cc1ccccc1NC(=O)c1sc(Cc2ccc(F)cc2)nc1C. The van der Waals surface area contributed by atoms with Gasteiger partial charge in [-0.25, -0.2) is 9.37 Å². The first kappa shape index (κ1) is 20.7. The van der Waals surface area contributed by atoms with Crippen LogP contribution < -0.4 is 5.32 Å². The molecule has 3 rings (SSSR count). The number of nitrogens with one attached hydrogen (secondary N) is 1. The molecule has 0 bridgehead atoms. The second-order valence-corrected chi connectivity index (χ2v) is 7.90. The molecular formula is C22H22FN3O2S. The van der Waals surface area contributed by atoms with Gasteiger partial charge in [0.15, 0.2) is 0 Å². The van der Waals surface area contributed by atoms with Crippen LogP contribution in [0.5, 0.6) is 0 Å². The van der Waals surface area contributed by atoms with Crippen molar-refractivity contribution in [3.8, 4) is 0 Å². The van der Waals surface area contributed by atoms with E-state index in [9.17, 15) is 14.0 Å². The smallest absolute Gasteiger partial charge is 0.267 e. The number of aryl methyl sites for hydroxylation is 1. The van der Waals surface area contributed by atoms with E-state index in [-0.39, 0.29) is 17.6 Å². The van der Waals surface area contributed by atoms with Crippen LogP contribution in [0, 0.1) is 12.7 Å². The zero-order valence-electron chi connectivity index (χ0n) is 16.5. The molecule has 0 aliphatic carbocycles. The quantitative estimate of drug-likeness (QED) is 0.653. The number of aromatic nitrogens is 1.